The van der Waals surface area contributed by atoms with Crippen molar-refractivity contribution >= 4 is 23.9 Å². The minimum Gasteiger partial charge on any atom is -0.478 e. The fourth-order valence-electron chi connectivity index (χ4n) is 5.64. The second-order valence-corrected chi connectivity index (χ2v) is 10.8. The molecule has 9 nitrogen and oxygen atoms in total. The van der Waals surface area contributed by atoms with Gasteiger partial charge in [-0.05, 0) is 68.4 Å². The van der Waals surface area contributed by atoms with Crippen LogP contribution in [0.3, 0.4) is 0 Å². The molecule has 2 heterocycles. The number of likely N-dealkylation sites (tertiary alicyclic amines) is 1. The lowest BCUT2D eigenvalue weighted by atomic mass is 9.82. The third kappa shape index (κ3) is 7.75. The third-order valence-electron chi connectivity index (χ3n) is 7.88. The van der Waals surface area contributed by atoms with Gasteiger partial charge in [0.2, 0.25) is 0 Å². The zero-order chi connectivity index (χ0) is 30.8. The van der Waals surface area contributed by atoms with Crippen LogP contribution in [0.15, 0.2) is 97.1 Å². The van der Waals surface area contributed by atoms with Gasteiger partial charge in [0.05, 0.1) is 0 Å². The highest BCUT2D eigenvalue weighted by molar-refractivity contribution is 6.09. The number of imide groups is 1. The maximum atomic E-state index is 13.8. The predicted molar refractivity (Wildman–Crippen MR) is 163 cm³/mol. The Morgan fingerprint density at radius 3 is 1.91 bits per heavy atom. The number of carbonyl (C=O) groups is 4. The monoisotopic (exact) mass is 583 g/mol. The molecular weight excluding hydrogens is 546 g/mol. The zero-order valence-electron chi connectivity index (χ0n) is 24.2. The van der Waals surface area contributed by atoms with E-state index in [-0.39, 0.29) is 11.9 Å². The molecule has 0 saturated carbocycles. The molecule has 43 heavy (non-hydrogen) atoms. The highest BCUT2D eigenvalue weighted by Crippen LogP contribution is 2.36. The fourth-order valence-corrected chi connectivity index (χ4v) is 5.64. The number of aryl methyl sites for hydroxylation is 1. The summed E-state index contributed by atoms with van der Waals surface area (Å²) >= 11 is 0. The van der Waals surface area contributed by atoms with Crippen LogP contribution in [0.4, 0.5) is 4.79 Å². The molecule has 0 spiro atoms. The Balaban J connectivity index is 0.000000467. The van der Waals surface area contributed by atoms with Crippen molar-refractivity contribution in [3.05, 3.63) is 119 Å². The maximum absolute atomic E-state index is 13.8. The number of carboxylic acid groups (broad SMARTS) is 2. The van der Waals surface area contributed by atoms with Gasteiger partial charge in [-0.2, -0.15) is 0 Å². The van der Waals surface area contributed by atoms with Crippen molar-refractivity contribution in [2.45, 2.75) is 37.6 Å². The van der Waals surface area contributed by atoms with Crippen molar-refractivity contribution in [1.29, 1.82) is 0 Å². The molecule has 2 fully saturated rings. The van der Waals surface area contributed by atoms with E-state index in [1.165, 1.54) is 10.5 Å². The standard InChI is InChI=1S/C30H33N3O2.C4H4O4/c1-23-13-15-27(16-14-23)30(26-11-6-3-7-12-26)28(34)33(29(35)31-30)20-8-19-32-21-17-25(18-22-32)24-9-4-2-5-10-24;5-3(6)1-2-4(7)8/h2-7,9-16,25H,8,17-22H2,1H3,(H,31,35);1-2H,(H,5,6)(H,7,8)/b;2-1+. The van der Waals surface area contributed by atoms with Crippen molar-refractivity contribution in [3.8, 4) is 0 Å². The first kappa shape index (κ1) is 31.2. The van der Waals surface area contributed by atoms with Gasteiger partial charge in [-0.1, -0.05) is 90.5 Å². The Morgan fingerprint density at radius 2 is 1.35 bits per heavy atom. The van der Waals surface area contributed by atoms with Crippen LogP contribution in [0.25, 0.3) is 0 Å². The Morgan fingerprint density at radius 1 is 0.814 bits per heavy atom. The van der Waals surface area contributed by atoms with Crippen molar-refractivity contribution in [2.24, 2.45) is 0 Å². The van der Waals surface area contributed by atoms with Crippen molar-refractivity contribution < 1.29 is 29.4 Å². The van der Waals surface area contributed by atoms with E-state index in [1.54, 1.807) is 0 Å². The molecule has 0 aromatic heterocycles. The minimum absolute atomic E-state index is 0.194. The molecule has 2 aliphatic rings. The van der Waals surface area contributed by atoms with Crippen LogP contribution >= 0.6 is 0 Å². The Bertz CT molecular complexity index is 1420. The highest BCUT2D eigenvalue weighted by atomic mass is 16.4. The molecule has 224 valence electrons. The molecule has 0 aliphatic carbocycles. The summed E-state index contributed by atoms with van der Waals surface area (Å²) in [7, 11) is 0. The van der Waals surface area contributed by atoms with E-state index in [1.807, 2.05) is 61.5 Å². The summed E-state index contributed by atoms with van der Waals surface area (Å²) in [4.78, 5) is 49.9. The molecule has 5 rings (SSSR count). The zero-order valence-corrected chi connectivity index (χ0v) is 24.2. The molecule has 3 N–H and O–H groups in total. The van der Waals surface area contributed by atoms with Crippen LogP contribution in [0, 0.1) is 6.92 Å². The highest BCUT2D eigenvalue weighted by Gasteiger charge is 2.53. The summed E-state index contributed by atoms with van der Waals surface area (Å²) in [5.41, 5.74) is 2.94. The number of aliphatic carboxylic acids is 2. The molecule has 3 amide bonds. The van der Waals surface area contributed by atoms with Crippen LogP contribution in [-0.2, 0) is 19.9 Å². The van der Waals surface area contributed by atoms with E-state index < -0.39 is 17.5 Å². The quantitative estimate of drug-likeness (QED) is 0.245. The summed E-state index contributed by atoms with van der Waals surface area (Å²) in [6.45, 7) is 5.43. The van der Waals surface area contributed by atoms with Crippen LogP contribution in [0.5, 0.6) is 0 Å². The first-order valence-electron chi connectivity index (χ1n) is 14.4. The molecule has 1 unspecified atom stereocenters. The van der Waals surface area contributed by atoms with Crippen LogP contribution < -0.4 is 5.32 Å². The van der Waals surface area contributed by atoms with Crippen LogP contribution in [0.1, 0.15) is 47.4 Å². The number of carbonyl (C=O) groups excluding carboxylic acids is 2. The predicted octanol–water partition coefficient (Wildman–Crippen LogP) is 4.77. The summed E-state index contributed by atoms with van der Waals surface area (Å²) in [5, 5.41) is 18.7. The number of benzene rings is 3. The number of piperidine rings is 1. The summed E-state index contributed by atoms with van der Waals surface area (Å²) in [6, 6.07) is 27.9. The number of urea groups is 1. The van der Waals surface area contributed by atoms with Crippen LogP contribution in [0.2, 0.25) is 0 Å². The van der Waals surface area contributed by atoms with Gasteiger partial charge in [-0.15, -0.1) is 0 Å². The largest absolute Gasteiger partial charge is 0.478 e. The summed E-state index contributed by atoms with van der Waals surface area (Å²) in [6.07, 6.45) is 4.19. The maximum Gasteiger partial charge on any atom is 0.328 e. The number of nitrogens with one attached hydrogen (secondary N) is 1. The lowest BCUT2D eigenvalue weighted by molar-refractivity contribution is -0.134. The molecule has 2 saturated heterocycles. The average Bonchev–Trinajstić information content (AvgIpc) is 3.28. The molecule has 1 atom stereocenters. The summed E-state index contributed by atoms with van der Waals surface area (Å²) < 4.78 is 0. The molecule has 0 radical (unpaired) electrons. The van der Waals surface area contributed by atoms with Gasteiger partial charge in [0.1, 0.15) is 0 Å². The third-order valence-corrected chi connectivity index (χ3v) is 7.88. The first-order chi connectivity index (χ1) is 20.7. The van der Waals surface area contributed by atoms with Crippen LogP contribution in [-0.4, -0.2) is 70.1 Å². The summed E-state index contributed by atoms with van der Waals surface area (Å²) in [5.74, 6) is -2.08. The van der Waals surface area contributed by atoms with E-state index in [0.29, 0.717) is 24.6 Å². The molecular formula is C34H37N3O6. The Hall–Kier alpha value is -4.76. The van der Waals surface area contributed by atoms with E-state index in [9.17, 15) is 19.2 Å². The van der Waals surface area contributed by atoms with E-state index in [0.717, 1.165) is 55.6 Å². The van der Waals surface area contributed by atoms with Crippen molar-refractivity contribution in [3.63, 3.8) is 0 Å². The van der Waals surface area contributed by atoms with Crippen molar-refractivity contribution in [1.82, 2.24) is 15.1 Å². The van der Waals surface area contributed by atoms with Gasteiger partial charge in [0, 0.05) is 18.7 Å². The molecule has 0 bridgehead atoms. The van der Waals surface area contributed by atoms with Gasteiger partial charge in [0.15, 0.2) is 5.54 Å². The second kappa shape index (κ2) is 14.4. The lowest BCUT2D eigenvalue weighted by Crippen LogP contribution is -2.45. The Kier molecular flexibility index (Phi) is 10.5. The van der Waals surface area contributed by atoms with Gasteiger partial charge < -0.3 is 20.4 Å². The van der Waals surface area contributed by atoms with Gasteiger partial charge in [-0.3, -0.25) is 9.69 Å². The number of amides is 3. The number of hydrogen-bond donors (Lipinski definition) is 3. The Labute approximate surface area is 251 Å². The number of rotatable bonds is 9. The number of carboxylic acids is 2. The first-order valence-corrected chi connectivity index (χ1v) is 14.4. The van der Waals surface area contributed by atoms with Crippen molar-refractivity contribution in [2.75, 3.05) is 26.2 Å². The van der Waals surface area contributed by atoms with Gasteiger partial charge in [0.25, 0.3) is 5.91 Å². The van der Waals surface area contributed by atoms with E-state index >= 15 is 0 Å². The van der Waals surface area contributed by atoms with E-state index in [4.69, 9.17) is 10.2 Å². The second-order valence-electron chi connectivity index (χ2n) is 10.8. The van der Waals surface area contributed by atoms with Gasteiger partial charge in [-0.25, -0.2) is 14.4 Å². The normalized spacial score (nSPS) is 19.1. The van der Waals surface area contributed by atoms with Gasteiger partial charge >= 0.3 is 18.0 Å². The smallest absolute Gasteiger partial charge is 0.328 e. The SMILES string of the molecule is Cc1ccc(C2(c3ccccc3)NC(=O)N(CCCN3CCC(c4ccccc4)CC3)C2=O)cc1.O=C(O)/C=C/C(=O)O. The topological polar surface area (TPSA) is 127 Å². The number of nitrogens with zero attached hydrogens (tertiary/aromatic N) is 2. The minimum atomic E-state index is -1.26. The molecule has 2 aliphatic heterocycles. The number of hydrogen-bond acceptors (Lipinski definition) is 5. The van der Waals surface area contributed by atoms with E-state index in [2.05, 4.69) is 40.5 Å². The molecule has 3 aromatic carbocycles. The molecule has 9 heteroatoms. The average molecular weight is 584 g/mol. The fraction of sp³-hybridized carbons (Fsp3) is 0.294. The molecule has 3 aromatic rings. The lowest BCUT2D eigenvalue weighted by Gasteiger charge is -2.32.